The van der Waals surface area contributed by atoms with Crippen molar-refractivity contribution < 1.29 is 8.91 Å². The highest BCUT2D eigenvalue weighted by Gasteiger charge is 2.35. The van der Waals surface area contributed by atoms with Gasteiger partial charge in [-0.3, -0.25) is 4.90 Å². The number of benzene rings is 3. The molecule has 1 N–H and O–H groups in total. The van der Waals surface area contributed by atoms with Gasteiger partial charge in [0.2, 0.25) is 5.82 Å². The normalized spacial score (nSPS) is 16.1. The number of aromatic nitrogens is 2. The first kappa shape index (κ1) is 22.0. The van der Waals surface area contributed by atoms with Crippen LogP contribution in [-0.2, 0) is 0 Å². The zero-order chi connectivity index (χ0) is 23.8. The number of halogens is 1. The molecule has 0 saturated carbocycles. The summed E-state index contributed by atoms with van der Waals surface area (Å²) in [6.45, 7) is 5.72. The lowest BCUT2D eigenvalue weighted by Gasteiger charge is -2.37. The van der Waals surface area contributed by atoms with E-state index in [9.17, 15) is 4.39 Å². The van der Waals surface area contributed by atoms with Crippen LogP contribution in [0, 0.1) is 19.7 Å². The molecule has 0 saturated heterocycles. The van der Waals surface area contributed by atoms with E-state index in [1.165, 1.54) is 6.07 Å². The number of rotatable bonds is 4. The predicted octanol–water partition coefficient (Wildman–Crippen LogP) is 6.36. The van der Waals surface area contributed by atoms with Gasteiger partial charge in [-0.05, 0) is 56.2 Å². The Kier molecular flexibility index (Phi) is 5.71. The van der Waals surface area contributed by atoms with Crippen molar-refractivity contribution in [2.75, 3.05) is 4.90 Å². The van der Waals surface area contributed by atoms with Crippen molar-refractivity contribution in [2.24, 2.45) is 0 Å². The van der Waals surface area contributed by atoms with E-state index in [1.807, 2.05) is 55.1 Å². The average Bonchev–Trinajstić information content (AvgIpc) is 3.32. The number of nitrogens with one attached hydrogen (secondary N) is 1. The first-order valence-electron chi connectivity index (χ1n) is 11.0. The van der Waals surface area contributed by atoms with Crippen LogP contribution in [0.1, 0.15) is 35.5 Å². The molecule has 1 aliphatic rings. The lowest BCUT2D eigenvalue weighted by molar-refractivity contribution is 0.404. The van der Waals surface area contributed by atoms with Crippen molar-refractivity contribution in [3.05, 3.63) is 107 Å². The standard InChI is InChI=1S/C27H23FN4OS/c1-16-9-12-19(13-10-16)24-23(26-30-25(31-33-26)20-7-5-4-6-8-20)18(3)32(27(34)29-24)21-14-11-17(2)22(28)15-21/h4-15,24H,1-3H3,(H,29,34). The average molecular weight is 471 g/mol. The maximum Gasteiger partial charge on any atom is 0.258 e. The Hall–Kier alpha value is -3.84. The monoisotopic (exact) mass is 470 g/mol. The van der Waals surface area contributed by atoms with Gasteiger partial charge in [0.15, 0.2) is 5.11 Å². The van der Waals surface area contributed by atoms with Crippen molar-refractivity contribution >= 4 is 28.6 Å². The third-order valence-electron chi connectivity index (χ3n) is 6.00. The molecule has 5 nitrogen and oxygen atoms in total. The molecule has 1 atom stereocenters. The largest absolute Gasteiger partial charge is 0.351 e. The summed E-state index contributed by atoms with van der Waals surface area (Å²) in [5.74, 6) is 0.591. The minimum atomic E-state index is -0.302. The van der Waals surface area contributed by atoms with Crippen molar-refractivity contribution in [3.63, 3.8) is 0 Å². The molecule has 0 radical (unpaired) electrons. The maximum absolute atomic E-state index is 14.4. The first-order chi connectivity index (χ1) is 16.4. The van der Waals surface area contributed by atoms with Crippen LogP contribution in [-0.4, -0.2) is 15.3 Å². The van der Waals surface area contributed by atoms with Gasteiger partial charge in [0.05, 0.1) is 17.3 Å². The zero-order valence-electron chi connectivity index (χ0n) is 19.0. The number of allylic oxidation sites excluding steroid dienone is 1. The maximum atomic E-state index is 14.4. The number of nitrogens with zero attached hydrogens (tertiary/aromatic N) is 3. The van der Waals surface area contributed by atoms with Crippen LogP contribution in [0.15, 0.2) is 83.0 Å². The Morgan fingerprint density at radius 1 is 0.971 bits per heavy atom. The third-order valence-corrected chi connectivity index (χ3v) is 6.30. The molecule has 0 fully saturated rings. The molecule has 1 aliphatic heterocycles. The van der Waals surface area contributed by atoms with Gasteiger partial charge < -0.3 is 9.84 Å². The number of hydrogen-bond acceptors (Lipinski definition) is 4. The van der Waals surface area contributed by atoms with E-state index in [4.69, 9.17) is 21.7 Å². The number of aryl methyl sites for hydroxylation is 2. The van der Waals surface area contributed by atoms with Crippen LogP contribution in [0.25, 0.3) is 17.0 Å². The topological polar surface area (TPSA) is 54.2 Å². The quantitative estimate of drug-likeness (QED) is 0.350. The highest BCUT2D eigenvalue weighted by Crippen LogP contribution is 2.39. The van der Waals surface area contributed by atoms with Crippen LogP contribution < -0.4 is 10.2 Å². The second-order valence-corrected chi connectivity index (χ2v) is 8.74. The van der Waals surface area contributed by atoms with Crippen molar-refractivity contribution in [1.82, 2.24) is 15.5 Å². The van der Waals surface area contributed by atoms with Crippen LogP contribution in [0.4, 0.5) is 10.1 Å². The Balaban J connectivity index is 1.66. The molecule has 1 unspecified atom stereocenters. The molecule has 0 aliphatic carbocycles. The molecule has 7 heteroatoms. The lowest BCUT2D eigenvalue weighted by atomic mass is 9.94. The molecule has 4 aromatic rings. The molecule has 34 heavy (non-hydrogen) atoms. The minimum Gasteiger partial charge on any atom is -0.351 e. The van der Waals surface area contributed by atoms with Crippen molar-refractivity contribution in [1.29, 1.82) is 0 Å². The second kappa shape index (κ2) is 8.83. The Labute approximate surface area is 202 Å². The molecule has 1 aromatic heterocycles. The molecular weight excluding hydrogens is 447 g/mol. The summed E-state index contributed by atoms with van der Waals surface area (Å²) in [6, 6.07) is 22.7. The summed E-state index contributed by atoms with van der Waals surface area (Å²) < 4.78 is 20.2. The van der Waals surface area contributed by atoms with E-state index in [0.717, 1.165) is 28.0 Å². The van der Waals surface area contributed by atoms with Gasteiger partial charge in [-0.15, -0.1) is 0 Å². The van der Waals surface area contributed by atoms with Crippen LogP contribution in [0.3, 0.4) is 0 Å². The van der Waals surface area contributed by atoms with Crippen LogP contribution in [0.5, 0.6) is 0 Å². The number of thiocarbonyl (C=S) groups is 1. The lowest BCUT2D eigenvalue weighted by Crippen LogP contribution is -2.46. The van der Waals surface area contributed by atoms with E-state index in [0.29, 0.717) is 28.1 Å². The fourth-order valence-electron chi connectivity index (χ4n) is 4.10. The van der Waals surface area contributed by atoms with Crippen LogP contribution >= 0.6 is 12.2 Å². The van der Waals surface area contributed by atoms with E-state index >= 15 is 0 Å². The summed E-state index contributed by atoms with van der Waals surface area (Å²) in [4.78, 5) is 6.52. The van der Waals surface area contributed by atoms with E-state index in [2.05, 4.69) is 34.7 Å². The minimum absolute atomic E-state index is 0.292. The Bertz CT molecular complexity index is 1400. The van der Waals surface area contributed by atoms with Gasteiger partial charge in [0, 0.05) is 11.3 Å². The van der Waals surface area contributed by atoms with E-state index in [-0.39, 0.29) is 11.9 Å². The summed E-state index contributed by atoms with van der Waals surface area (Å²) in [7, 11) is 0. The Morgan fingerprint density at radius 3 is 2.41 bits per heavy atom. The summed E-state index contributed by atoms with van der Waals surface area (Å²) in [5.41, 5.74) is 5.80. The van der Waals surface area contributed by atoms with E-state index in [1.54, 1.807) is 13.0 Å². The second-order valence-electron chi connectivity index (χ2n) is 8.35. The molecular formula is C27H23FN4OS. The zero-order valence-corrected chi connectivity index (χ0v) is 19.9. The summed E-state index contributed by atoms with van der Waals surface area (Å²) in [5, 5.41) is 8.10. The summed E-state index contributed by atoms with van der Waals surface area (Å²) >= 11 is 5.74. The van der Waals surface area contributed by atoms with Crippen LogP contribution in [0.2, 0.25) is 0 Å². The van der Waals surface area contributed by atoms with Crippen molar-refractivity contribution in [3.8, 4) is 11.4 Å². The number of hydrogen-bond donors (Lipinski definition) is 1. The molecule has 170 valence electrons. The van der Waals surface area contributed by atoms with Gasteiger partial charge >= 0.3 is 0 Å². The van der Waals surface area contributed by atoms with E-state index < -0.39 is 0 Å². The van der Waals surface area contributed by atoms with Gasteiger partial charge in [0.1, 0.15) is 5.82 Å². The van der Waals surface area contributed by atoms with Gasteiger partial charge in [-0.25, -0.2) is 4.39 Å². The fourth-order valence-corrected chi connectivity index (χ4v) is 4.46. The van der Waals surface area contributed by atoms with Crippen molar-refractivity contribution in [2.45, 2.75) is 26.8 Å². The third kappa shape index (κ3) is 3.99. The van der Waals surface area contributed by atoms with Gasteiger partial charge in [-0.1, -0.05) is 71.4 Å². The molecule has 0 amide bonds. The fraction of sp³-hybridized carbons (Fsp3) is 0.148. The molecule has 3 aromatic carbocycles. The van der Waals surface area contributed by atoms with Gasteiger partial charge in [0.25, 0.3) is 5.89 Å². The molecule has 0 spiro atoms. The van der Waals surface area contributed by atoms with Gasteiger partial charge in [-0.2, -0.15) is 4.98 Å². The smallest absolute Gasteiger partial charge is 0.258 e. The highest BCUT2D eigenvalue weighted by molar-refractivity contribution is 7.80. The molecule has 2 heterocycles. The highest BCUT2D eigenvalue weighted by atomic mass is 32.1. The summed E-state index contributed by atoms with van der Waals surface area (Å²) in [6.07, 6.45) is 0. The molecule has 0 bridgehead atoms. The SMILES string of the molecule is CC1=C(c2nc(-c3ccccc3)no2)C(c2ccc(C)cc2)NC(=S)N1c1ccc(C)c(F)c1. The molecule has 5 rings (SSSR count). The first-order valence-corrected chi connectivity index (χ1v) is 11.4. The Morgan fingerprint density at radius 2 is 1.71 bits per heavy atom. The number of anilines is 1. The predicted molar refractivity (Wildman–Crippen MR) is 136 cm³/mol.